The molecule has 1 atom stereocenters. The summed E-state index contributed by atoms with van der Waals surface area (Å²) in [5.74, 6) is 1.21. The summed E-state index contributed by atoms with van der Waals surface area (Å²) in [4.78, 5) is 14.5. The number of piperidine rings is 1. The molecular formula is C16H23NO4. The Morgan fingerprint density at radius 1 is 1.29 bits per heavy atom. The lowest BCUT2D eigenvalue weighted by molar-refractivity contribution is 0.0711. The third-order valence-corrected chi connectivity index (χ3v) is 4.01. The summed E-state index contributed by atoms with van der Waals surface area (Å²) in [7, 11) is 3.12. The second-order valence-electron chi connectivity index (χ2n) is 5.30. The number of ether oxygens (including phenoxy) is 2. The molecule has 1 aliphatic heterocycles. The predicted octanol–water partition coefficient (Wildman–Crippen LogP) is 1.73. The molecule has 2 rings (SSSR count). The fourth-order valence-electron chi connectivity index (χ4n) is 2.76. The Hall–Kier alpha value is -1.59. The minimum atomic E-state index is 0.0382. The van der Waals surface area contributed by atoms with Gasteiger partial charge in [0.2, 0.25) is 0 Å². The molecule has 21 heavy (non-hydrogen) atoms. The Morgan fingerprint density at radius 3 is 2.71 bits per heavy atom. The minimum absolute atomic E-state index is 0.0382. The number of methoxy groups -OCH3 is 2. The van der Waals surface area contributed by atoms with Crippen LogP contribution in [-0.2, 0) is 0 Å². The highest BCUT2D eigenvalue weighted by atomic mass is 16.5. The van der Waals surface area contributed by atoms with Crippen LogP contribution in [-0.4, -0.2) is 55.7 Å². The smallest absolute Gasteiger partial charge is 0.176 e. The summed E-state index contributed by atoms with van der Waals surface area (Å²) in [6, 6.07) is 5.30. The molecule has 0 aromatic heterocycles. The molecule has 0 bridgehead atoms. The third-order valence-electron chi connectivity index (χ3n) is 4.01. The number of aliphatic hydroxyl groups is 1. The van der Waals surface area contributed by atoms with Gasteiger partial charge in [0.15, 0.2) is 17.3 Å². The zero-order chi connectivity index (χ0) is 15.2. The second kappa shape index (κ2) is 7.43. The van der Waals surface area contributed by atoms with Crippen molar-refractivity contribution in [1.29, 1.82) is 0 Å². The lowest BCUT2D eigenvalue weighted by Gasteiger charge is -2.33. The van der Waals surface area contributed by atoms with Crippen LogP contribution in [0.1, 0.15) is 29.6 Å². The van der Waals surface area contributed by atoms with Crippen molar-refractivity contribution in [3.8, 4) is 11.5 Å². The number of benzene rings is 1. The van der Waals surface area contributed by atoms with Crippen molar-refractivity contribution in [3.05, 3.63) is 23.8 Å². The van der Waals surface area contributed by atoms with E-state index in [0.717, 1.165) is 25.8 Å². The maximum Gasteiger partial charge on any atom is 0.176 e. The van der Waals surface area contributed by atoms with Crippen molar-refractivity contribution < 1.29 is 19.4 Å². The molecular weight excluding hydrogens is 270 g/mol. The predicted molar refractivity (Wildman–Crippen MR) is 80.2 cm³/mol. The van der Waals surface area contributed by atoms with Gasteiger partial charge in [0.1, 0.15) is 0 Å². The van der Waals surface area contributed by atoms with Crippen molar-refractivity contribution in [1.82, 2.24) is 4.90 Å². The molecule has 0 unspecified atom stereocenters. The van der Waals surface area contributed by atoms with Crippen LogP contribution in [0, 0.1) is 0 Å². The molecule has 0 aliphatic carbocycles. The number of nitrogens with zero attached hydrogens (tertiary/aromatic N) is 1. The van der Waals surface area contributed by atoms with Crippen molar-refractivity contribution in [2.75, 3.05) is 33.9 Å². The van der Waals surface area contributed by atoms with E-state index in [9.17, 15) is 9.90 Å². The van der Waals surface area contributed by atoms with Gasteiger partial charge >= 0.3 is 0 Å². The van der Waals surface area contributed by atoms with Crippen molar-refractivity contribution >= 4 is 5.78 Å². The molecule has 0 spiro atoms. The lowest BCUT2D eigenvalue weighted by Crippen LogP contribution is -2.44. The summed E-state index contributed by atoms with van der Waals surface area (Å²) in [5, 5.41) is 9.41. The van der Waals surface area contributed by atoms with E-state index in [1.54, 1.807) is 32.4 Å². The van der Waals surface area contributed by atoms with Crippen LogP contribution >= 0.6 is 0 Å². The van der Waals surface area contributed by atoms with E-state index < -0.39 is 0 Å². The van der Waals surface area contributed by atoms with Gasteiger partial charge in [0, 0.05) is 11.6 Å². The normalized spacial score (nSPS) is 19.3. The van der Waals surface area contributed by atoms with Gasteiger partial charge in [-0.3, -0.25) is 9.69 Å². The van der Waals surface area contributed by atoms with Gasteiger partial charge in [0.25, 0.3) is 0 Å². The molecule has 1 aromatic carbocycles. The van der Waals surface area contributed by atoms with E-state index in [1.807, 2.05) is 0 Å². The zero-order valence-corrected chi connectivity index (χ0v) is 12.7. The van der Waals surface area contributed by atoms with Gasteiger partial charge in [-0.1, -0.05) is 6.42 Å². The van der Waals surface area contributed by atoms with Gasteiger partial charge in [-0.05, 0) is 37.6 Å². The molecule has 0 radical (unpaired) electrons. The van der Waals surface area contributed by atoms with Crippen molar-refractivity contribution in [2.45, 2.75) is 25.3 Å². The molecule has 1 aromatic rings. The van der Waals surface area contributed by atoms with E-state index in [4.69, 9.17) is 9.47 Å². The number of hydrogen-bond acceptors (Lipinski definition) is 5. The molecule has 0 saturated carbocycles. The molecule has 116 valence electrons. The highest BCUT2D eigenvalue weighted by Crippen LogP contribution is 2.28. The molecule has 0 amide bonds. The summed E-state index contributed by atoms with van der Waals surface area (Å²) >= 11 is 0. The highest BCUT2D eigenvalue weighted by Gasteiger charge is 2.24. The maximum absolute atomic E-state index is 12.4. The number of aliphatic hydroxyl groups excluding tert-OH is 1. The number of likely N-dealkylation sites (tertiary alicyclic amines) is 1. The second-order valence-corrected chi connectivity index (χ2v) is 5.30. The fourth-order valence-corrected chi connectivity index (χ4v) is 2.76. The first kappa shape index (κ1) is 15.8. The number of rotatable bonds is 6. The van der Waals surface area contributed by atoms with Crippen molar-refractivity contribution in [3.63, 3.8) is 0 Å². The Morgan fingerprint density at radius 2 is 2.05 bits per heavy atom. The van der Waals surface area contributed by atoms with E-state index in [2.05, 4.69) is 4.90 Å². The van der Waals surface area contributed by atoms with Gasteiger partial charge < -0.3 is 14.6 Å². The number of ketones is 1. The van der Waals surface area contributed by atoms with Gasteiger partial charge in [-0.25, -0.2) is 0 Å². The first-order valence-corrected chi connectivity index (χ1v) is 7.29. The Bertz CT molecular complexity index is 489. The van der Waals surface area contributed by atoms with Crippen molar-refractivity contribution in [2.24, 2.45) is 0 Å². The Kier molecular flexibility index (Phi) is 5.59. The number of hydrogen-bond donors (Lipinski definition) is 1. The molecule has 5 nitrogen and oxygen atoms in total. The summed E-state index contributed by atoms with van der Waals surface area (Å²) in [6.07, 6.45) is 3.15. The molecule has 1 aliphatic rings. The highest BCUT2D eigenvalue weighted by molar-refractivity contribution is 5.98. The van der Waals surface area contributed by atoms with Crippen LogP contribution in [0.4, 0.5) is 0 Å². The number of carbonyl (C=O) groups is 1. The van der Waals surface area contributed by atoms with E-state index in [0.29, 0.717) is 23.6 Å². The Labute approximate surface area is 125 Å². The zero-order valence-electron chi connectivity index (χ0n) is 12.7. The molecule has 5 heteroatoms. The monoisotopic (exact) mass is 293 g/mol. The van der Waals surface area contributed by atoms with Crippen LogP contribution in [0.3, 0.4) is 0 Å². The average molecular weight is 293 g/mol. The lowest BCUT2D eigenvalue weighted by atomic mass is 10.0. The minimum Gasteiger partial charge on any atom is -0.493 e. The summed E-state index contributed by atoms with van der Waals surface area (Å²) < 4.78 is 10.4. The van der Waals surface area contributed by atoms with Crippen LogP contribution in [0.5, 0.6) is 11.5 Å². The van der Waals surface area contributed by atoms with Crippen LogP contribution in [0.25, 0.3) is 0 Å². The number of carbonyl (C=O) groups excluding carboxylic acids is 1. The van der Waals surface area contributed by atoms with Gasteiger partial charge in [0.05, 0.1) is 27.4 Å². The van der Waals surface area contributed by atoms with Gasteiger partial charge in [-0.2, -0.15) is 0 Å². The maximum atomic E-state index is 12.4. The third kappa shape index (κ3) is 3.74. The Balaban J connectivity index is 2.09. The number of Topliss-reactive ketones (excluding diaryl/α,β-unsaturated/α-hetero) is 1. The van der Waals surface area contributed by atoms with E-state index in [1.165, 1.54) is 0 Å². The van der Waals surface area contributed by atoms with Crippen LogP contribution in [0.15, 0.2) is 18.2 Å². The summed E-state index contributed by atoms with van der Waals surface area (Å²) in [6.45, 7) is 1.31. The van der Waals surface area contributed by atoms with E-state index in [-0.39, 0.29) is 18.4 Å². The fraction of sp³-hybridized carbons (Fsp3) is 0.562. The average Bonchev–Trinajstić information content (AvgIpc) is 2.54. The topological polar surface area (TPSA) is 59.0 Å². The summed E-state index contributed by atoms with van der Waals surface area (Å²) in [5.41, 5.74) is 0.606. The largest absolute Gasteiger partial charge is 0.493 e. The van der Waals surface area contributed by atoms with Gasteiger partial charge in [-0.15, -0.1) is 0 Å². The molecule has 1 heterocycles. The first-order chi connectivity index (χ1) is 10.2. The molecule has 1 fully saturated rings. The quantitative estimate of drug-likeness (QED) is 0.810. The SMILES string of the molecule is COc1ccc(C(=O)CN2CCCC[C@H]2CO)cc1OC. The van der Waals surface area contributed by atoms with Crippen LogP contribution < -0.4 is 9.47 Å². The van der Waals surface area contributed by atoms with E-state index >= 15 is 0 Å². The van der Waals surface area contributed by atoms with Crippen LogP contribution in [0.2, 0.25) is 0 Å². The molecule has 1 N–H and O–H groups in total. The first-order valence-electron chi connectivity index (χ1n) is 7.29. The molecule has 1 saturated heterocycles. The standard InChI is InChI=1S/C16H23NO4/c1-20-15-7-6-12(9-16(15)21-2)14(19)10-17-8-4-3-5-13(17)11-18/h6-7,9,13,18H,3-5,8,10-11H2,1-2H3/t13-/m0/s1.